The number of rotatable bonds is 6. The number of nitrogens with one attached hydrogen (secondary N) is 1. The molecule has 2 heterocycles. The minimum atomic E-state index is 0.336. The Morgan fingerprint density at radius 1 is 1.10 bits per heavy atom. The van der Waals surface area contributed by atoms with Crippen LogP contribution in [0.1, 0.15) is 24.5 Å². The molecule has 4 nitrogen and oxygen atoms in total. The van der Waals surface area contributed by atoms with Crippen molar-refractivity contribution < 1.29 is 9.47 Å². The number of pyridine rings is 1. The molecule has 1 aromatic carbocycles. The first-order valence-corrected chi connectivity index (χ1v) is 7.32. The minimum absolute atomic E-state index is 0.336. The van der Waals surface area contributed by atoms with E-state index in [0.717, 1.165) is 30.9 Å². The monoisotopic (exact) mass is 284 g/mol. The van der Waals surface area contributed by atoms with Crippen LogP contribution in [0.25, 0.3) is 0 Å². The van der Waals surface area contributed by atoms with Crippen LogP contribution in [-0.2, 0) is 13.0 Å². The van der Waals surface area contributed by atoms with E-state index in [-0.39, 0.29) is 0 Å². The van der Waals surface area contributed by atoms with Gasteiger partial charge >= 0.3 is 0 Å². The van der Waals surface area contributed by atoms with Crippen molar-refractivity contribution in [3.8, 4) is 11.5 Å². The Morgan fingerprint density at radius 3 is 2.76 bits per heavy atom. The number of aromatic nitrogens is 1. The van der Waals surface area contributed by atoms with E-state index < -0.39 is 0 Å². The molecule has 0 spiro atoms. The molecule has 0 fully saturated rings. The average Bonchev–Trinajstić information content (AvgIpc) is 2.99. The summed E-state index contributed by atoms with van der Waals surface area (Å²) in [6.45, 7) is 3.43. The lowest BCUT2D eigenvalue weighted by molar-refractivity contribution is 0.174. The lowest BCUT2D eigenvalue weighted by Gasteiger charge is -2.14. The molecule has 0 saturated carbocycles. The van der Waals surface area contributed by atoms with E-state index in [9.17, 15) is 0 Å². The Morgan fingerprint density at radius 2 is 1.90 bits per heavy atom. The first-order valence-electron chi connectivity index (χ1n) is 7.32. The molecular formula is C17H20N2O2. The predicted molar refractivity (Wildman–Crippen MR) is 81.4 cm³/mol. The van der Waals surface area contributed by atoms with E-state index in [4.69, 9.17) is 9.47 Å². The zero-order valence-corrected chi connectivity index (χ0v) is 12.2. The third-order valence-electron chi connectivity index (χ3n) is 3.71. The van der Waals surface area contributed by atoms with Crippen LogP contribution in [0.5, 0.6) is 11.5 Å². The van der Waals surface area contributed by atoms with Gasteiger partial charge in [0.1, 0.15) is 0 Å². The molecule has 110 valence electrons. The highest BCUT2D eigenvalue weighted by Gasteiger charge is 2.13. The summed E-state index contributed by atoms with van der Waals surface area (Å²) >= 11 is 0. The topological polar surface area (TPSA) is 43.4 Å². The number of hydrogen-bond donors (Lipinski definition) is 1. The number of fused-ring (bicyclic) bond motifs is 1. The SMILES string of the molecule is CC(CCc1ccc2c(c1)OCO2)NCc1ccncc1. The summed E-state index contributed by atoms with van der Waals surface area (Å²) in [7, 11) is 0. The van der Waals surface area contributed by atoms with Crippen LogP contribution in [-0.4, -0.2) is 17.8 Å². The van der Waals surface area contributed by atoms with Crippen LogP contribution in [0.3, 0.4) is 0 Å². The third-order valence-corrected chi connectivity index (χ3v) is 3.71. The predicted octanol–water partition coefficient (Wildman–Crippen LogP) is 2.92. The molecule has 2 aromatic rings. The van der Waals surface area contributed by atoms with Crippen LogP contribution >= 0.6 is 0 Å². The highest BCUT2D eigenvalue weighted by Crippen LogP contribution is 2.32. The molecule has 0 aliphatic carbocycles. The van der Waals surface area contributed by atoms with Gasteiger partial charge in [-0.1, -0.05) is 6.07 Å². The molecule has 0 bridgehead atoms. The fourth-order valence-corrected chi connectivity index (χ4v) is 2.37. The summed E-state index contributed by atoms with van der Waals surface area (Å²) in [5.74, 6) is 1.72. The van der Waals surface area contributed by atoms with Gasteiger partial charge in [0.25, 0.3) is 0 Å². The molecule has 0 radical (unpaired) electrons. The lowest BCUT2D eigenvalue weighted by Crippen LogP contribution is -2.25. The van der Waals surface area contributed by atoms with Gasteiger partial charge in [0.15, 0.2) is 11.5 Å². The van der Waals surface area contributed by atoms with Gasteiger partial charge < -0.3 is 14.8 Å². The van der Waals surface area contributed by atoms with Crippen molar-refractivity contribution in [1.82, 2.24) is 10.3 Å². The molecule has 0 amide bonds. The van der Waals surface area contributed by atoms with Crippen molar-refractivity contribution in [3.63, 3.8) is 0 Å². The van der Waals surface area contributed by atoms with E-state index in [1.807, 2.05) is 30.6 Å². The summed E-state index contributed by atoms with van der Waals surface area (Å²) in [4.78, 5) is 4.03. The summed E-state index contributed by atoms with van der Waals surface area (Å²) in [6.07, 6.45) is 5.77. The van der Waals surface area contributed by atoms with Gasteiger partial charge in [0, 0.05) is 25.0 Å². The van der Waals surface area contributed by atoms with E-state index in [1.54, 1.807) is 0 Å². The smallest absolute Gasteiger partial charge is 0.231 e. The molecule has 4 heteroatoms. The summed E-state index contributed by atoms with van der Waals surface area (Å²) in [5, 5.41) is 3.54. The molecule has 1 N–H and O–H groups in total. The van der Waals surface area contributed by atoms with E-state index in [1.165, 1.54) is 11.1 Å². The van der Waals surface area contributed by atoms with Gasteiger partial charge in [-0.2, -0.15) is 0 Å². The molecule has 1 atom stereocenters. The quantitative estimate of drug-likeness (QED) is 0.885. The van der Waals surface area contributed by atoms with Crippen LogP contribution in [0.4, 0.5) is 0 Å². The van der Waals surface area contributed by atoms with Crippen LogP contribution in [0.15, 0.2) is 42.7 Å². The lowest BCUT2D eigenvalue weighted by atomic mass is 10.1. The van der Waals surface area contributed by atoms with Gasteiger partial charge in [0.2, 0.25) is 6.79 Å². The van der Waals surface area contributed by atoms with E-state index in [0.29, 0.717) is 12.8 Å². The number of ether oxygens (including phenoxy) is 2. The molecule has 0 saturated heterocycles. The maximum Gasteiger partial charge on any atom is 0.231 e. The van der Waals surface area contributed by atoms with Gasteiger partial charge in [0.05, 0.1) is 0 Å². The second-order valence-electron chi connectivity index (χ2n) is 5.36. The van der Waals surface area contributed by atoms with E-state index in [2.05, 4.69) is 29.4 Å². The maximum atomic E-state index is 5.41. The summed E-state index contributed by atoms with van der Waals surface area (Å²) < 4.78 is 10.7. The molecular weight excluding hydrogens is 264 g/mol. The number of aryl methyl sites for hydroxylation is 1. The molecule has 1 unspecified atom stereocenters. The molecule has 1 aromatic heterocycles. The summed E-state index contributed by atoms with van der Waals surface area (Å²) in [6, 6.07) is 10.7. The van der Waals surface area contributed by atoms with Crippen LogP contribution in [0, 0.1) is 0 Å². The van der Waals surface area contributed by atoms with Crippen molar-refractivity contribution in [2.45, 2.75) is 32.4 Å². The Hall–Kier alpha value is -2.07. The van der Waals surface area contributed by atoms with Crippen molar-refractivity contribution in [1.29, 1.82) is 0 Å². The van der Waals surface area contributed by atoms with Crippen LogP contribution in [0.2, 0.25) is 0 Å². The first kappa shape index (κ1) is 13.9. The van der Waals surface area contributed by atoms with Crippen molar-refractivity contribution in [2.24, 2.45) is 0 Å². The number of benzene rings is 1. The Bertz CT molecular complexity index is 587. The zero-order chi connectivity index (χ0) is 14.5. The maximum absolute atomic E-state index is 5.41. The molecule has 21 heavy (non-hydrogen) atoms. The normalized spacial score (nSPS) is 14.1. The Labute approximate surface area is 125 Å². The van der Waals surface area contributed by atoms with Gasteiger partial charge in [-0.05, 0) is 55.2 Å². The van der Waals surface area contributed by atoms with Gasteiger partial charge in [-0.15, -0.1) is 0 Å². The van der Waals surface area contributed by atoms with Crippen molar-refractivity contribution >= 4 is 0 Å². The molecule has 1 aliphatic heterocycles. The largest absolute Gasteiger partial charge is 0.454 e. The Balaban J connectivity index is 1.46. The fourth-order valence-electron chi connectivity index (χ4n) is 2.37. The summed E-state index contributed by atoms with van der Waals surface area (Å²) in [5.41, 5.74) is 2.55. The Kier molecular flexibility index (Phi) is 4.36. The van der Waals surface area contributed by atoms with Crippen molar-refractivity contribution in [3.05, 3.63) is 53.9 Å². The number of nitrogens with zero attached hydrogens (tertiary/aromatic N) is 1. The fraction of sp³-hybridized carbons (Fsp3) is 0.353. The van der Waals surface area contributed by atoms with Gasteiger partial charge in [-0.25, -0.2) is 0 Å². The zero-order valence-electron chi connectivity index (χ0n) is 12.2. The highest BCUT2D eigenvalue weighted by molar-refractivity contribution is 5.44. The number of hydrogen-bond acceptors (Lipinski definition) is 4. The van der Waals surface area contributed by atoms with Crippen molar-refractivity contribution in [2.75, 3.05) is 6.79 Å². The first-order chi connectivity index (χ1) is 10.3. The van der Waals surface area contributed by atoms with E-state index >= 15 is 0 Å². The highest BCUT2D eigenvalue weighted by atomic mass is 16.7. The molecule has 3 rings (SSSR count). The van der Waals surface area contributed by atoms with Crippen LogP contribution < -0.4 is 14.8 Å². The second-order valence-corrected chi connectivity index (χ2v) is 5.36. The minimum Gasteiger partial charge on any atom is -0.454 e. The van der Waals surface area contributed by atoms with Gasteiger partial charge in [-0.3, -0.25) is 4.98 Å². The standard InChI is InChI=1S/C17H20N2O2/c1-13(19-11-15-6-8-18-9-7-15)2-3-14-4-5-16-17(10-14)21-12-20-16/h4-10,13,19H,2-3,11-12H2,1H3. The third kappa shape index (κ3) is 3.73. The second kappa shape index (κ2) is 6.59. The average molecular weight is 284 g/mol. The molecule has 1 aliphatic rings.